The van der Waals surface area contributed by atoms with Gasteiger partial charge in [0.05, 0.1) is 18.2 Å². The molecule has 3 aromatic rings. The number of nitrogens with zero attached hydrogens (tertiary/aromatic N) is 1. The first-order chi connectivity index (χ1) is 12.6. The lowest BCUT2D eigenvalue weighted by Gasteiger charge is -2.15. The minimum absolute atomic E-state index is 0.0161. The van der Waals surface area contributed by atoms with Gasteiger partial charge < -0.3 is 9.84 Å². The fourth-order valence-corrected chi connectivity index (χ4v) is 3.72. The summed E-state index contributed by atoms with van der Waals surface area (Å²) in [5.41, 5.74) is 6.62. The molecule has 1 aliphatic rings. The zero-order valence-electron chi connectivity index (χ0n) is 15.1. The lowest BCUT2D eigenvalue weighted by molar-refractivity contribution is -0.121. The predicted molar refractivity (Wildman–Crippen MR) is 101 cm³/mol. The van der Waals surface area contributed by atoms with E-state index in [-0.39, 0.29) is 11.9 Å². The van der Waals surface area contributed by atoms with Gasteiger partial charge in [-0.25, -0.2) is 0 Å². The van der Waals surface area contributed by atoms with E-state index in [1.807, 2.05) is 32.0 Å². The Morgan fingerprint density at radius 2 is 1.96 bits per heavy atom. The van der Waals surface area contributed by atoms with E-state index in [1.165, 1.54) is 22.3 Å². The molecular formula is C22H22N2O2. The van der Waals surface area contributed by atoms with Crippen molar-refractivity contribution in [2.75, 3.05) is 0 Å². The summed E-state index contributed by atoms with van der Waals surface area (Å²) in [6.07, 6.45) is 2.26. The number of fused-ring (bicyclic) bond motifs is 1. The Kier molecular flexibility index (Phi) is 4.33. The maximum absolute atomic E-state index is 12.6. The fraction of sp³-hybridized carbons (Fsp3) is 0.273. The number of nitrogens with one attached hydrogen (secondary N) is 1. The van der Waals surface area contributed by atoms with Crippen molar-refractivity contribution in [3.05, 3.63) is 76.7 Å². The van der Waals surface area contributed by atoms with Crippen LogP contribution in [0.15, 0.2) is 53.1 Å². The number of carbonyl (C=O) groups is 1. The minimum atomic E-state index is 0.0161. The molecular weight excluding hydrogens is 324 g/mol. The van der Waals surface area contributed by atoms with Gasteiger partial charge >= 0.3 is 0 Å². The molecule has 1 N–H and O–H groups in total. The molecule has 0 saturated carbocycles. The van der Waals surface area contributed by atoms with Crippen molar-refractivity contribution < 1.29 is 9.32 Å². The van der Waals surface area contributed by atoms with E-state index in [9.17, 15) is 4.79 Å². The molecule has 4 rings (SSSR count). The molecule has 1 aliphatic carbocycles. The standard InChI is InChI=1S/C22H22N2O2/c1-14-19(15(2)26-24-14)13-22(25)23-21-11-10-17-8-9-18(12-20(17)21)16-6-4-3-5-7-16/h3-9,12,21H,10-11,13H2,1-2H3,(H,23,25). The van der Waals surface area contributed by atoms with E-state index in [1.54, 1.807) is 0 Å². The van der Waals surface area contributed by atoms with Gasteiger partial charge in [0, 0.05) is 5.56 Å². The topological polar surface area (TPSA) is 55.1 Å². The van der Waals surface area contributed by atoms with E-state index in [4.69, 9.17) is 4.52 Å². The lowest BCUT2D eigenvalue weighted by atomic mass is 9.99. The second kappa shape index (κ2) is 6.79. The molecule has 0 spiro atoms. The average molecular weight is 346 g/mol. The molecule has 1 unspecified atom stereocenters. The first-order valence-corrected chi connectivity index (χ1v) is 9.01. The Balaban J connectivity index is 1.53. The second-order valence-electron chi connectivity index (χ2n) is 6.92. The molecule has 0 aliphatic heterocycles. The van der Waals surface area contributed by atoms with Gasteiger partial charge in [-0.05, 0) is 55.0 Å². The Hall–Kier alpha value is -2.88. The molecule has 4 nitrogen and oxygen atoms in total. The molecule has 1 atom stereocenters. The van der Waals surface area contributed by atoms with Crippen LogP contribution in [0, 0.1) is 13.8 Å². The summed E-state index contributed by atoms with van der Waals surface area (Å²) in [7, 11) is 0. The van der Waals surface area contributed by atoms with Crippen molar-refractivity contribution in [2.45, 2.75) is 39.2 Å². The van der Waals surface area contributed by atoms with Crippen molar-refractivity contribution in [1.29, 1.82) is 0 Å². The quantitative estimate of drug-likeness (QED) is 0.766. The Bertz CT molecular complexity index is 925. The van der Waals surface area contributed by atoms with Gasteiger partial charge in [-0.1, -0.05) is 47.6 Å². The van der Waals surface area contributed by atoms with Crippen LogP contribution in [0.5, 0.6) is 0 Å². The number of benzene rings is 2. The molecule has 2 aromatic carbocycles. The highest BCUT2D eigenvalue weighted by Gasteiger charge is 2.25. The van der Waals surface area contributed by atoms with Gasteiger partial charge in [-0.2, -0.15) is 0 Å². The Morgan fingerprint density at radius 3 is 2.69 bits per heavy atom. The number of hydrogen-bond donors (Lipinski definition) is 1. The maximum Gasteiger partial charge on any atom is 0.225 e. The maximum atomic E-state index is 12.6. The molecule has 132 valence electrons. The summed E-state index contributed by atoms with van der Waals surface area (Å²) in [4.78, 5) is 12.6. The summed E-state index contributed by atoms with van der Waals surface area (Å²) in [6, 6.07) is 17.0. The van der Waals surface area contributed by atoms with Crippen molar-refractivity contribution in [3.8, 4) is 11.1 Å². The lowest BCUT2D eigenvalue weighted by Crippen LogP contribution is -2.28. The second-order valence-corrected chi connectivity index (χ2v) is 6.92. The molecule has 1 amide bonds. The summed E-state index contributed by atoms with van der Waals surface area (Å²) >= 11 is 0. The summed E-state index contributed by atoms with van der Waals surface area (Å²) in [6.45, 7) is 3.72. The van der Waals surface area contributed by atoms with Crippen LogP contribution in [0.25, 0.3) is 11.1 Å². The molecule has 4 heteroatoms. The summed E-state index contributed by atoms with van der Waals surface area (Å²) < 4.78 is 5.16. The van der Waals surface area contributed by atoms with Crippen molar-refractivity contribution >= 4 is 5.91 Å². The molecule has 0 bridgehead atoms. The third-order valence-electron chi connectivity index (χ3n) is 5.18. The van der Waals surface area contributed by atoms with Crippen LogP contribution in [-0.2, 0) is 17.6 Å². The van der Waals surface area contributed by atoms with Crippen LogP contribution in [-0.4, -0.2) is 11.1 Å². The van der Waals surface area contributed by atoms with Crippen molar-refractivity contribution in [3.63, 3.8) is 0 Å². The van der Waals surface area contributed by atoms with E-state index >= 15 is 0 Å². The van der Waals surface area contributed by atoms with E-state index in [0.29, 0.717) is 6.42 Å². The summed E-state index contributed by atoms with van der Waals surface area (Å²) in [5.74, 6) is 0.734. The van der Waals surface area contributed by atoms with Gasteiger partial charge in [0.15, 0.2) is 0 Å². The van der Waals surface area contributed by atoms with Crippen LogP contribution in [0.2, 0.25) is 0 Å². The molecule has 26 heavy (non-hydrogen) atoms. The third-order valence-corrected chi connectivity index (χ3v) is 5.18. The van der Waals surface area contributed by atoms with Crippen LogP contribution < -0.4 is 5.32 Å². The molecule has 0 radical (unpaired) electrons. The number of aryl methyl sites for hydroxylation is 3. The first-order valence-electron chi connectivity index (χ1n) is 9.01. The molecule has 0 fully saturated rings. The van der Waals surface area contributed by atoms with Crippen LogP contribution in [0.3, 0.4) is 0 Å². The van der Waals surface area contributed by atoms with E-state index < -0.39 is 0 Å². The largest absolute Gasteiger partial charge is 0.361 e. The zero-order valence-corrected chi connectivity index (χ0v) is 15.1. The van der Waals surface area contributed by atoms with Crippen LogP contribution in [0.4, 0.5) is 0 Å². The monoisotopic (exact) mass is 346 g/mol. The Labute approximate surface area is 153 Å². The highest BCUT2D eigenvalue weighted by molar-refractivity contribution is 5.80. The molecule has 1 heterocycles. The van der Waals surface area contributed by atoms with E-state index in [0.717, 1.165) is 29.9 Å². The molecule has 0 saturated heterocycles. The number of hydrogen-bond acceptors (Lipinski definition) is 3. The number of amides is 1. The van der Waals surface area contributed by atoms with Crippen LogP contribution in [0.1, 0.15) is 40.6 Å². The zero-order chi connectivity index (χ0) is 18.1. The van der Waals surface area contributed by atoms with Crippen molar-refractivity contribution in [2.24, 2.45) is 0 Å². The average Bonchev–Trinajstić information content (AvgIpc) is 3.20. The predicted octanol–water partition coefficient (Wildman–Crippen LogP) is 4.30. The summed E-state index contributed by atoms with van der Waals surface area (Å²) in [5, 5.41) is 7.13. The van der Waals surface area contributed by atoms with Gasteiger partial charge in [-0.3, -0.25) is 4.79 Å². The third kappa shape index (κ3) is 3.15. The number of carbonyl (C=O) groups excluding carboxylic acids is 1. The highest BCUT2D eigenvalue weighted by atomic mass is 16.5. The van der Waals surface area contributed by atoms with Gasteiger partial charge in [0.25, 0.3) is 0 Å². The van der Waals surface area contributed by atoms with Crippen LogP contribution >= 0.6 is 0 Å². The molecule has 1 aromatic heterocycles. The highest BCUT2D eigenvalue weighted by Crippen LogP contribution is 2.34. The van der Waals surface area contributed by atoms with Gasteiger partial charge in [0.1, 0.15) is 5.76 Å². The first kappa shape index (κ1) is 16.6. The smallest absolute Gasteiger partial charge is 0.225 e. The van der Waals surface area contributed by atoms with Gasteiger partial charge in [-0.15, -0.1) is 0 Å². The normalized spacial score (nSPS) is 15.7. The van der Waals surface area contributed by atoms with E-state index in [2.05, 4.69) is 40.8 Å². The fourth-order valence-electron chi connectivity index (χ4n) is 3.72. The SMILES string of the molecule is Cc1noc(C)c1CC(=O)NC1CCc2ccc(-c3ccccc3)cc21. The number of aromatic nitrogens is 1. The number of rotatable bonds is 4. The van der Waals surface area contributed by atoms with Crippen molar-refractivity contribution in [1.82, 2.24) is 10.5 Å². The van der Waals surface area contributed by atoms with Gasteiger partial charge in [0.2, 0.25) is 5.91 Å². The Morgan fingerprint density at radius 1 is 1.15 bits per heavy atom. The minimum Gasteiger partial charge on any atom is -0.361 e.